The van der Waals surface area contributed by atoms with Gasteiger partial charge in [-0.05, 0) is 56.9 Å². The number of benzene rings is 1. The Balaban J connectivity index is 1.46. The van der Waals surface area contributed by atoms with Crippen LogP contribution >= 0.6 is 11.8 Å². The van der Waals surface area contributed by atoms with Crippen molar-refractivity contribution in [1.29, 1.82) is 0 Å². The van der Waals surface area contributed by atoms with Gasteiger partial charge in [0.2, 0.25) is 11.8 Å². The first kappa shape index (κ1) is 17.1. The predicted octanol–water partition coefficient (Wildman–Crippen LogP) is 3.94. The van der Waals surface area contributed by atoms with Crippen molar-refractivity contribution in [3.05, 3.63) is 29.5 Å². The van der Waals surface area contributed by atoms with E-state index >= 15 is 0 Å². The van der Waals surface area contributed by atoms with Gasteiger partial charge in [-0.25, -0.2) is 0 Å². The van der Waals surface area contributed by atoms with Crippen LogP contribution < -0.4 is 0 Å². The average Bonchev–Trinajstić information content (AvgIpc) is 3.25. The number of thioether (sulfide) groups is 1. The summed E-state index contributed by atoms with van der Waals surface area (Å²) >= 11 is 1.31. The molecule has 0 unspecified atom stereocenters. The number of aromatic nitrogens is 3. The molecule has 6 nitrogen and oxygen atoms in total. The molecule has 1 aliphatic rings. The maximum atomic E-state index is 12.2. The summed E-state index contributed by atoms with van der Waals surface area (Å²) in [6.07, 6.45) is 3.41. The van der Waals surface area contributed by atoms with Gasteiger partial charge >= 0.3 is 0 Å². The summed E-state index contributed by atoms with van der Waals surface area (Å²) in [4.78, 5) is 17.5. The Bertz CT molecular complexity index is 940. The highest BCUT2D eigenvalue weighted by molar-refractivity contribution is 7.99. The molecule has 136 valence electrons. The van der Waals surface area contributed by atoms with Gasteiger partial charge in [0, 0.05) is 35.2 Å². The fourth-order valence-electron chi connectivity index (χ4n) is 3.34. The molecule has 1 aliphatic heterocycles. The highest BCUT2D eigenvalue weighted by Crippen LogP contribution is 2.29. The molecule has 3 aromatic rings. The summed E-state index contributed by atoms with van der Waals surface area (Å²) in [5.74, 6) is 0.976. The second kappa shape index (κ2) is 7.15. The van der Waals surface area contributed by atoms with Crippen LogP contribution in [0, 0.1) is 13.8 Å². The van der Waals surface area contributed by atoms with Crippen LogP contribution in [0.1, 0.15) is 30.5 Å². The Hall–Kier alpha value is -2.28. The third-order valence-corrected chi connectivity index (χ3v) is 5.79. The molecular weight excluding hydrogens is 348 g/mol. The lowest BCUT2D eigenvalue weighted by Gasteiger charge is -2.26. The number of aryl methyl sites for hydroxylation is 2. The van der Waals surface area contributed by atoms with E-state index in [1.807, 2.05) is 17.0 Å². The molecule has 3 heterocycles. The quantitative estimate of drug-likeness (QED) is 0.704. The van der Waals surface area contributed by atoms with Gasteiger partial charge in [0.05, 0.1) is 5.75 Å². The first-order valence-electron chi connectivity index (χ1n) is 8.95. The van der Waals surface area contributed by atoms with Gasteiger partial charge in [0.1, 0.15) is 0 Å². The lowest BCUT2D eigenvalue weighted by Crippen LogP contribution is -2.36. The van der Waals surface area contributed by atoms with E-state index in [2.05, 4.69) is 35.1 Å². The van der Waals surface area contributed by atoms with Crippen molar-refractivity contribution in [3.8, 4) is 11.5 Å². The number of fused-ring (bicyclic) bond motifs is 1. The number of H-pyrrole nitrogens is 1. The van der Waals surface area contributed by atoms with Crippen molar-refractivity contribution in [2.45, 2.75) is 38.3 Å². The highest BCUT2D eigenvalue weighted by atomic mass is 32.2. The first-order chi connectivity index (χ1) is 12.6. The number of aromatic amines is 1. The van der Waals surface area contributed by atoms with Gasteiger partial charge in [0.25, 0.3) is 5.22 Å². The average molecular weight is 370 g/mol. The number of nitrogens with one attached hydrogen (secondary N) is 1. The number of amides is 1. The van der Waals surface area contributed by atoms with Gasteiger partial charge in [-0.15, -0.1) is 10.2 Å². The summed E-state index contributed by atoms with van der Waals surface area (Å²) in [6.45, 7) is 5.89. The maximum Gasteiger partial charge on any atom is 0.277 e. The lowest BCUT2D eigenvalue weighted by atomic mass is 10.1. The van der Waals surface area contributed by atoms with Crippen molar-refractivity contribution >= 4 is 28.6 Å². The molecule has 2 aromatic heterocycles. The van der Waals surface area contributed by atoms with E-state index in [4.69, 9.17) is 4.42 Å². The molecular formula is C19H22N4O2S. The second-order valence-electron chi connectivity index (χ2n) is 6.74. The topological polar surface area (TPSA) is 75.0 Å². The molecule has 0 saturated carbocycles. The molecule has 1 amide bonds. The molecule has 0 spiro atoms. The third kappa shape index (κ3) is 3.35. The maximum absolute atomic E-state index is 12.2. The predicted molar refractivity (Wildman–Crippen MR) is 102 cm³/mol. The van der Waals surface area contributed by atoms with Crippen LogP contribution in [-0.2, 0) is 4.79 Å². The number of likely N-dealkylation sites (tertiary alicyclic amines) is 1. The van der Waals surface area contributed by atoms with Crippen LogP contribution in [0.4, 0.5) is 0 Å². The Morgan fingerprint density at radius 2 is 2.04 bits per heavy atom. The normalized spacial score (nSPS) is 14.9. The molecule has 26 heavy (non-hydrogen) atoms. The van der Waals surface area contributed by atoms with Gasteiger partial charge in [-0.3, -0.25) is 4.79 Å². The van der Waals surface area contributed by atoms with E-state index in [1.165, 1.54) is 23.7 Å². The van der Waals surface area contributed by atoms with Gasteiger partial charge in [0.15, 0.2) is 0 Å². The van der Waals surface area contributed by atoms with Crippen molar-refractivity contribution in [2.75, 3.05) is 18.8 Å². The zero-order valence-electron chi connectivity index (χ0n) is 15.0. The monoisotopic (exact) mass is 370 g/mol. The van der Waals surface area contributed by atoms with Crippen LogP contribution in [0.5, 0.6) is 0 Å². The van der Waals surface area contributed by atoms with Crippen LogP contribution in [0.15, 0.2) is 27.8 Å². The lowest BCUT2D eigenvalue weighted by molar-refractivity contribution is -0.129. The third-order valence-electron chi connectivity index (χ3n) is 4.99. The zero-order valence-corrected chi connectivity index (χ0v) is 15.9. The molecule has 0 atom stereocenters. The summed E-state index contributed by atoms with van der Waals surface area (Å²) in [6, 6.07) is 6.06. The van der Waals surface area contributed by atoms with Crippen molar-refractivity contribution in [2.24, 2.45) is 0 Å². The van der Waals surface area contributed by atoms with E-state index < -0.39 is 0 Å². The minimum Gasteiger partial charge on any atom is -0.411 e. The summed E-state index contributed by atoms with van der Waals surface area (Å²) in [5.41, 5.74) is 4.38. The molecule has 1 N–H and O–H groups in total. The van der Waals surface area contributed by atoms with Crippen LogP contribution in [-0.4, -0.2) is 44.8 Å². The number of rotatable bonds is 4. The zero-order chi connectivity index (χ0) is 18.1. The van der Waals surface area contributed by atoms with E-state index in [-0.39, 0.29) is 5.91 Å². The summed E-state index contributed by atoms with van der Waals surface area (Å²) in [5, 5.41) is 9.83. The van der Waals surface area contributed by atoms with Crippen LogP contribution in [0.25, 0.3) is 22.4 Å². The molecule has 1 aromatic carbocycles. The van der Waals surface area contributed by atoms with E-state index in [1.54, 1.807) is 0 Å². The number of carbonyl (C=O) groups excluding carboxylic acids is 1. The fraction of sp³-hybridized carbons (Fsp3) is 0.421. The van der Waals surface area contributed by atoms with Crippen molar-refractivity contribution < 1.29 is 9.21 Å². The molecule has 1 fully saturated rings. The van der Waals surface area contributed by atoms with E-state index in [0.717, 1.165) is 48.1 Å². The first-order valence-corrected chi connectivity index (χ1v) is 9.94. The highest BCUT2D eigenvalue weighted by Gasteiger charge is 2.18. The SMILES string of the molecule is Cc1[nH]c2ccc(-c3nnc(SCC(=O)N4CCCCC4)o3)cc2c1C. The molecule has 0 aliphatic carbocycles. The molecule has 7 heteroatoms. The number of nitrogens with zero attached hydrogens (tertiary/aromatic N) is 3. The van der Waals surface area contributed by atoms with E-state index in [0.29, 0.717) is 16.9 Å². The number of hydrogen-bond acceptors (Lipinski definition) is 5. The van der Waals surface area contributed by atoms with E-state index in [9.17, 15) is 4.79 Å². The van der Waals surface area contributed by atoms with Crippen LogP contribution in [0.3, 0.4) is 0 Å². The number of carbonyl (C=O) groups is 1. The molecule has 0 bridgehead atoms. The largest absolute Gasteiger partial charge is 0.411 e. The number of hydrogen-bond donors (Lipinski definition) is 1. The van der Waals surface area contributed by atoms with Gasteiger partial charge < -0.3 is 14.3 Å². The molecule has 1 saturated heterocycles. The second-order valence-corrected chi connectivity index (χ2v) is 7.67. The molecule has 4 rings (SSSR count). The molecule has 0 radical (unpaired) electrons. The van der Waals surface area contributed by atoms with Crippen molar-refractivity contribution in [3.63, 3.8) is 0 Å². The number of piperidine rings is 1. The Labute approximate surface area is 156 Å². The van der Waals surface area contributed by atoms with Gasteiger partial charge in [-0.1, -0.05) is 11.8 Å². The van der Waals surface area contributed by atoms with Gasteiger partial charge in [-0.2, -0.15) is 0 Å². The summed E-state index contributed by atoms with van der Waals surface area (Å²) < 4.78 is 5.76. The Morgan fingerprint density at radius 3 is 2.85 bits per heavy atom. The minimum atomic E-state index is 0.147. The fourth-order valence-corrected chi connectivity index (χ4v) is 4.00. The Kier molecular flexibility index (Phi) is 4.72. The van der Waals surface area contributed by atoms with Crippen molar-refractivity contribution in [1.82, 2.24) is 20.1 Å². The Morgan fingerprint density at radius 1 is 1.23 bits per heavy atom. The minimum absolute atomic E-state index is 0.147. The summed E-state index contributed by atoms with van der Waals surface area (Å²) in [7, 11) is 0. The smallest absolute Gasteiger partial charge is 0.277 e. The van der Waals surface area contributed by atoms with Crippen LogP contribution in [0.2, 0.25) is 0 Å². The standard InChI is InChI=1S/C19H22N4O2S/c1-12-13(2)20-16-7-6-14(10-15(12)16)18-21-22-19(25-18)26-11-17(24)23-8-4-3-5-9-23/h6-7,10,20H,3-5,8-9,11H2,1-2H3.